The molecule has 0 saturated carbocycles. The molecule has 0 bridgehead atoms. The molecule has 2 amide bonds. The van der Waals surface area contributed by atoms with Crippen LogP contribution in [-0.2, 0) is 24.4 Å². The summed E-state index contributed by atoms with van der Waals surface area (Å²) in [7, 11) is -2.89. The summed E-state index contributed by atoms with van der Waals surface area (Å²) in [6.07, 6.45) is -0.365. The van der Waals surface area contributed by atoms with E-state index in [1.54, 1.807) is 0 Å². The third-order valence-electron chi connectivity index (χ3n) is 2.93. The number of carboxylic acids is 1. The van der Waals surface area contributed by atoms with E-state index in [9.17, 15) is 22.8 Å². The van der Waals surface area contributed by atoms with Gasteiger partial charge in [0.05, 0.1) is 16.3 Å². The third-order valence-corrected chi connectivity index (χ3v) is 4.73. The zero-order chi connectivity index (χ0) is 16.5. The Balaban J connectivity index is 2.41. The molecular formula is C12H13N3O6S. The summed E-state index contributed by atoms with van der Waals surface area (Å²) in [6.45, 7) is -0.692. The first-order valence-corrected chi connectivity index (χ1v) is 7.56. The number of rotatable bonds is 4. The zero-order valence-electron chi connectivity index (χ0n) is 11.5. The first-order chi connectivity index (χ1) is 10.2. The van der Waals surface area contributed by atoms with E-state index in [2.05, 4.69) is 10.6 Å². The van der Waals surface area contributed by atoms with E-state index in [0.717, 1.165) is 7.05 Å². The highest BCUT2D eigenvalue weighted by Gasteiger charge is 2.25. The average Bonchev–Trinajstić information content (AvgIpc) is 2.53. The van der Waals surface area contributed by atoms with Gasteiger partial charge in [-0.15, -0.1) is 0 Å². The van der Waals surface area contributed by atoms with Crippen molar-refractivity contribution in [1.82, 2.24) is 4.31 Å². The number of nitrogens with zero attached hydrogens (tertiary/aromatic N) is 1. The fraction of sp³-hybridized carbons (Fsp3) is 0.250. The molecule has 1 aliphatic rings. The summed E-state index contributed by atoms with van der Waals surface area (Å²) in [5, 5.41) is 13.6. The van der Waals surface area contributed by atoms with E-state index >= 15 is 0 Å². The van der Waals surface area contributed by atoms with Crippen LogP contribution in [0, 0.1) is 0 Å². The van der Waals surface area contributed by atoms with Gasteiger partial charge in [0.15, 0.2) is 0 Å². The summed E-state index contributed by atoms with van der Waals surface area (Å²) < 4.78 is 25.2. The van der Waals surface area contributed by atoms with Crippen molar-refractivity contribution in [1.29, 1.82) is 0 Å². The van der Waals surface area contributed by atoms with E-state index in [0.29, 0.717) is 4.31 Å². The number of hydrogen-bond acceptors (Lipinski definition) is 5. The number of carbonyl (C=O) groups is 3. The first-order valence-electron chi connectivity index (χ1n) is 6.12. The minimum absolute atomic E-state index is 0.139. The molecule has 1 aliphatic heterocycles. The molecule has 1 aromatic carbocycles. The molecule has 2 rings (SSSR count). The SMILES string of the molecule is CN(CC(=O)O)S(=O)(=O)c1ccc2c(c1)NC(=O)CC(=O)N2. The average molecular weight is 327 g/mol. The molecule has 0 spiro atoms. The predicted molar refractivity (Wildman–Crippen MR) is 75.8 cm³/mol. The number of carboxylic acid groups (broad SMARTS) is 1. The molecule has 118 valence electrons. The Labute approximate surface area is 126 Å². The molecular weight excluding hydrogens is 314 g/mol. The molecule has 0 unspecified atom stereocenters. The van der Waals surface area contributed by atoms with Crippen molar-refractivity contribution >= 4 is 39.2 Å². The molecule has 1 heterocycles. The van der Waals surface area contributed by atoms with Crippen molar-refractivity contribution in [3.63, 3.8) is 0 Å². The number of anilines is 2. The second-order valence-corrected chi connectivity index (χ2v) is 6.68. The Morgan fingerprint density at radius 1 is 1.23 bits per heavy atom. The molecule has 0 aromatic heterocycles. The van der Waals surface area contributed by atoms with Crippen LogP contribution in [0.2, 0.25) is 0 Å². The Hall–Kier alpha value is -2.46. The molecule has 0 saturated heterocycles. The van der Waals surface area contributed by atoms with Crippen LogP contribution >= 0.6 is 0 Å². The number of hydrogen-bond donors (Lipinski definition) is 3. The molecule has 0 fully saturated rings. The minimum Gasteiger partial charge on any atom is -0.480 e. The molecule has 0 radical (unpaired) electrons. The fourth-order valence-corrected chi connectivity index (χ4v) is 3.03. The molecule has 22 heavy (non-hydrogen) atoms. The molecule has 0 atom stereocenters. The molecule has 3 N–H and O–H groups in total. The predicted octanol–water partition coefficient (Wildman–Crippen LogP) is -0.328. The molecule has 0 aliphatic carbocycles. The lowest BCUT2D eigenvalue weighted by Crippen LogP contribution is -2.32. The van der Waals surface area contributed by atoms with Gasteiger partial charge < -0.3 is 15.7 Å². The van der Waals surface area contributed by atoms with Gasteiger partial charge in [-0.3, -0.25) is 14.4 Å². The summed E-state index contributed by atoms with van der Waals surface area (Å²) in [4.78, 5) is 33.3. The van der Waals surface area contributed by atoms with E-state index in [-0.39, 0.29) is 22.7 Å². The highest BCUT2D eigenvalue weighted by atomic mass is 32.2. The maximum atomic E-state index is 12.2. The number of carbonyl (C=O) groups excluding carboxylic acids is 2. The maximum Gasteiger partial charge on any atom is 0.318 e. The van der Waals surface area contributed by atoms with Crippen molar-refractivity contribution in [2.45, 2.75) is 11.3 Å². The van der Waals surface area contributed by atoms with Crippen molar-refractivity contribution in [2.75, 3.05) is 24.2 Å². The van der Waals surface area contributed by atoms with Gasteiger partial charge in [-0.05, 0) is 18.2 Å². The van der Waals surface area contributed by atoms with E-state index in [4.69, 9.17) is 5.11 Å². The van der Waals surface area contributed by atoms with Crippen LogP contribution in [0.5, 0.6) is 0 Å². The van der Waals surface area contributed by atoms with E-state index in [1.807, 2.05) is 0 Å². The fourth-order valence-electron chi connectivity index (χ4n) is 1.89. The normalized spacial score (nSPS) is 14.8. The van der Waals surface area contributed by atoms with Gasteiger partial charge in [-0.2, -0.15) is 4.31 Å². The summed E-state index contributed by atoms with van der Waals surface area (Å²) in [6, 6.07) is 3.73. The molecule has 1 aromatic rings. The minimum atomic E-state index is -4.02. The van der Waals surface area contributed by atoms with Crippen LogP contribution in [-0.4, -0.2) is 49.2 Å². The van der Waals surface area contributed by atoms with Crippen molar-refractivity contribution in [3.05, 3.63) is 18.2 Å². The number of amides is 2. The molecule has 9 nitrogen and oxygen atoms in total. The number of sulfonamides is 1. The van der Waals surface area contributed by atoms with E-state index in [1.165, 1.54) is 18.2 Å². The Morgan fingerprint density at radius 3 is 2.41 bits per heavy atom. The quantitative estimate of drug-likeness (QED) is 0.649. The van der Waals surface area contributed by atoms with Gasteiger partial charge in [0.1, 0.15) is 13.0 Å². The Morgan fingerprint density at radius 2 is 1.82 bits per heavy atom. The van der Waals surface area contributed by atoms with Crippen molar-refractivity contribution < 1.29 is 27.9 Å². The summed E-state index contributed by atoms with van der Waals surface area (Å²) in [5.74, 6) is -2.36. The second-order valence-electron chi connectivity index (χ2n) is 4.64. The maximum absolute atomic E-state index is 12.2. The monoisotopic (exact) mass is 327 g/mol. The standard InChI is InChI=1S/C12H13N3O6S/c1-15(6-12(18)19)22(20,21)7-2-3-8-9(4-7)14-11(17)5-10(16)13-8/h2-4H,5-6H2,1H3,(H,13,16)(H,14,17)(H,18,19). The summed E-state index contributed by atoms with van der Waals surface area (Å²) in [5.41, 5.74) is 0.413. The van der Waals surface area contributed by atoms with Crippen LogP contribution in [0.4, 0.5) is 11.4 Å². The number of likely N-dealkylation sites (N-methyl/N-ethyl adjacent to an activating group) is 1. The summed E-state index contributed by atoms with van der Waals surface area (Å²) >= 11 is 0. The first kappa shape index (κ1) is 15.9. The smallest absolute Gasteiger partial charge is 0.318 e. The Kier molecular flexibility index (Phi) is 4.15. The van der Waals surface area contributed by atoms with Crippen molar-refractivity contribution in [2.24, 2.45) is 0 Å². The number of benzene rings is 1. The van der Waals surface area contributed by atoms with Crippen LogP contribution in [0.3, 0.4) is 0 Å². The lowest BCUT2D eigenvalue weighted by molar-refractivity contribution is -0.137. The topological polar surface area (TPSA) is 133 Å². The second kappa shape index (κ2) is 5.73. The highest BCUT2D eigenvalue weighted by molar-refractivity contribution is 7.89. The van der Waals surface area contributed by atoms with Crippen LogP contribution in [0.1, 0.15) is 6.42 Å². The Bertz CT molecular complexity index is 758. The zero-order valence-corrected chi connectivity index (χ0v) is 12.3. The number of aliphatic carboxylic acids is 1. The van der Waals surface area contributed by atoms with Gasteiger partial charge in [-0.25, -0.2) is 8.42 Å². The van der Waals surface area contributed by atoms with Crippen LogP contribution in [0.25, 0.3) is 0 Å². The largest absolute Gasteiger partial charge is 0.480 e. The number of fused-ring (bicyclic) bond motifs is 1. The van der Waals surface area contributed by atoms with Crippen LogP contribution in [0.15, 0.2) is 23.1 Å². The van der Waals surface area contributed by atoms with E-state index < -0.39 is 34.4 Å². The molecule has 10 heteroatoms. The number of nitrogens with one attached hydrogen (secondary N) is 2. The van der Waals surface area contributed by atoms with Gasteiger partial charge in [0.2, 0.25) is 21.8 Å². The van der Waals surface area contributed by atoms with Gasteiger partial charge >= 0.3 is 5.97 Å². The van der Waals surface area contributed by atoms with Gasteiger partial charge in [0, 0.05) is 7.05 Å². The third kappa shape index (κ3) is 3.23. The lowest BCUT2D eigenvalue weighted by Gasteiger charge is -2.16. The van der Waals surface area contributed by atoms with Gasteiger partial charge in [-0.1, -0.05) is 0 Å². The van der Waals surface area contributed by atoms with Crippen molar-refractivity contribution in [3.8, 4) is 0 Å². The van der Waals surface area contributed by atoms with Gasteiger partial charge in [0.25, 0.3) is 0 Å². The lowest BCUT2D eigenvalue weighted by atomic mass is 10.2. The highest BCUT2D eigenvalue weighted by Crippen LogP contribution is 2.28. The van der Waals surface area contributed by atoms with Crippen LogP contribution < -0.4 is 10.6 Å².